The fourth-order valence-corrected chi connectivity index (χ4v) is 4.56. The van der Waals surface area contributed by atoms with E-state index in [1.165, 1.54) is 14.2 Å². The molecule has 0 fully saturated rings. The van der Waals surface area contributed by atoms with Gasteiger partial charge < -0.3 is 19.3 Å². The predicted octanol–water partition coefficient (Wildman–Crippen LogP) is 5.84. The van der Waals surface area contributed by atoms with Gasteiger partial charge in [-0.15, -0.1) is 0 Å². The Kier molecular flexibility index (Phi) is 7.38. The topological polar surface area (TPSA) is 59.1 Å². The first-order valence-corrected chi connectivity index (χ1v) is 12.0. The van der Waals surface area contributed by atoms with Gasteiger partial charge in [-0.2, -0.15) is 0 Å². The molecule has 0 radical (unpaired) electrons. The van der Waals surface area contributed by atoms with Crippen LogP contribution in [0.15, 0.2) is 99.1 Å². The van der Waals surface area contributed by atoms with Gasteiger partial charge in [-0.25, -0.2) is 9.59 Å². The van der Waals surface area contributed by atoms with E-state index in [4.69, 9.17) is 9.47 Å². The van der Waals surface area contributed by atoms with Crippen molar-refractivity contribution in [3.05, 3.63) is 105 Å². The molecule has 0 aromatic heterocycles. The van der Waals surface area contributed by atoms with E-state index in [9.17, 15) is 9.59 Å². The van der Waals surface area contributed by atoms with Crippen LogP contribution in [0.5, 0.6) is 0 Å². The first kappa shape index (κ1) is 24.0. The molecule has 8 heteroatoms. The van der Waals surface area contributed by atoms with Crippen molar-refractivity contribution < 1.29 is 19.1 Å². The molecular weight excluding hydrogens is 564 g/mol. The van der Waals surface area contributed by atoms with E-state index < -0.39 is 18.1 Å². The first-order chi connectivity index (χ1) is 16.4. The van der Waals surface area contributed by atoms with Gasteiger partial charge in [-0.05, 0) is 54.1 Å². The van der Waals surface area contributed by atoms with Crippen LogP contribution in [-0.4, -0.2) is 32.7 Å². The molecule has 6 nitrogen and oxygen atoms in total. The Bertz CT molecular complexity index is 1210. The molecule has 0 unspecified atom stereocenters. The second-order valence-electron chi connectivity index (χ2n) is 7.55. The summed E-state index contributed by atoms with van der Waals surface area (Å²) in [5.74, 6) is -1.20. The van der Waals surface area contributed by atoms with Crippen molar-refractivity contribution in [2.45, 2.75) is 6.17 Å². The number of carbonyl (C=O) groups is 2. The van der Waals surface area contributed by atoms with Crippen LogP contribution < -0.4 is 9.80 Å². The third-order valence-corrected chi connectivity index (χ3v) is 6.62. The van der Waals surface area contributed by atoms with E-state index in [0.29, 0.717) is 0 Å². The fraction of sp³-hybridized carbons (Fsp3) is 0.154. The molecule has 0 spiro atoms. The van der Waals surface area contributed by atoms with Gasteiger partial charge in [0, 0.05) is 20.3 Å². The maximum atomic E-state index is 13.1. The zero-order chi connectivity index (χ0) is 24.2. The summed E-state index contributed by atoms with van der Waals surface area (Å²) in [7, 11) is 2.62. The number of hydrogen-bond acceptors (Lipinski definition) is 6. The van der Waals surface area contributed by atoms with E-state index in [0.717, 1.165) is 25.9 Å². The molecule has 0 N–H and O–H groups in total. The van der Waals surface area contributed by atoms with Crippen LogP contribution in [0.2, 0.25) is 0 Å². The molecule has 4 rings (SSSR count). The van der Waals surface area contributed by atoms with Gasteiger partial charge in [-0.3, -0.25) is 0 Å². The molecule has 1 aliphatic heterocycles. The number of anilines is 2. The van der Waals surface area contributed by atoms with Crippen molar-refractivity contribution >= 4 is 55.2 Å². The van der Waals surface area contributed by atoms with Crippen molar-refractivity contribution in [1.82, 2.24) is 0 Å². The summed E-state index contributed by atoms with van der Waals surface area (Å²) in [5, 5.41) is 0. The van der Waals surface area contributed by atoms with Crippen molar-refractivity contribution in [3.63, 3.8) is 0 Å². The minimum atomic E-state index is -0.611. The molecule has 0 amide bonds. The van der Waals surface area contributed by atoms with Crippen molar-refractivity contribution in [2.75, 3.05) is 30.6 Å². The van der Waals surface area contributed by atoms with Gasteiger partial charge in [-0.1, -0.05) is 62.2 Å². The molecule has 0 saturated carbocycles. The van der Waals surface area contributed by atoms with Crippen LogP contribution in [-0.2, 0) is 19.1 Å². The van der Waals surface area contributed by atoms with Crippen LogP contribution in [0.25, 0.3) is 0 Å². The molecule has 174 valence electrons. The highest BCUT2D eigenvalue weighted by molar-refractivity contribution is 9.10. The number of hydrogen-bond donors (Lipinski definition) is 0. The Morgan fingerprint density at radius 3 is 1.82 bits per heavy atom. The van der Waals surface area contributed by atoms with E-state index in [-0.39, 0.29) is 17.8 Å². The second-order valence-corrected chi connectivity index (χ2v) is 9.38. The maximum Gasteiger partial charge on any atom is 0.355 e. The van der Waals surface area contributed by atoms with Gasteiger partial charge in [0.15, 0.2) is 0 Å². The minimum absolute atomic E-state index is 0.152. The van der Waals surface area contributed by atoms with Gasteiger partial charge in [0.1, 0.15) is 11.9 Å². The molecule has 34 heavy (non-hydrogen) atoms. The van der Waals surface area contributed by atoms with E-state index in [1.807, 2.05) is 83.8 Å². The second kappa shape index (κ2) is 10.4. The van der Waals surface area contributed by atoms with E-state index in [2.05, 4.69) is 36.8 Å². The van der Waals surface area contributed by atoms with Crippen LogP contribution >= 0.6 is 31.9 Å². The highest BCUT2D eigenvalue weighted by Crippen LogP contribution is 2.42. The quantitative estimate of drug-likeness (QED) is 0.351. The smallest absolute Gasteiger partial charge is 0.355 e. The number of methoxy groups -OCH3 is 2. The van der Waals surface area contributed by atoms with Crippen molar-refractivity contribution in [2.24, 2.45) is 0 Å². The number of nitrogens with zero attached hydrogens (tertiary/aromatic N) is 2. The Morgan fingerprint density at radius 2 is 1.29 bits per heavy atom. The number of carbonyl (C=O) groups excluding carboxylic acids is 2. The van der Waals surface area contributed by atoms with Gasteiger partial charge in [0.05, 0.1) is 26.3 Å². The summed E-state index contributed by atoms with van der Waals surface area (Å²) in [6.07, 6.45) is -0.439. The SMILES string of the molecule is COC(=O)C1=C(C(=O)OC)N(c2ccc(Br)cc2)[C@H](c2ccccc2)N(c2ccc(Br)cc2)C1. The predicted molar refractivity (Wildman–Crippen MR) is 138 cm³/mol. The largest absolute Gasteiger partial charge is 0.466 e. The zero-order valence-electron chi connectivity index (χ0n) is 18.6. The van der Waals surface area contributed by atoms with E-state index >= 15 is 0 Å². The summed E-state index contributed by atoms with van der Waals surface area (Å²) < 4.78 is 12.1. The fourth-order valence-electron chi connectivity index (χ4n) is 4.03. The molecule has 1 aliphatic rings. The lowest BCUT2D eigenvalue weighted by Crippen LogP contribution is -2.50. The lowest BCUT2D eigenvalue weighted by atomic mass is 9.99. The normalized spacial score (nSPS) is 15.8. The Hall–Kier alpha value is -3.10. The van der Waals surface area contributed by atoms with Gasteiger partial charge >= 0.3 is 11.9 Å². The van der Waals surface area contributed by atoms with Crippen molar-refractivity contribution in [1.29, 1.82) is 0 Å². The van der Waals surface area contributed by atoms with Gasteiger partial charge in [0.25, 0.3) is 0 Å². The highest BCUT2D eigenvalue weighted by atomic mass is 79.9. The molecule has 1 atom stereocenters. The van der Waals surface area contributed by atoms with Crippen LogP contribution in [0.1, 0.15) is 11.7 Å². The van der Waals surface area contributed by atoms with Crippen LogP contribution in [0.4, 0.5) is 11.4 Å². The summed E-state index contributed by atoms with van der Waals surface area (Å²) in [4.78, 5) is 30.0. The maximum absolute atomic E-state index is 13.1. The Labute approximate surface area is 215 Å². The highest BCUT2D eigenvalue weighted by Gasteiger charge is 2.42. The van der Waals surface area contributed by atoms with E-state index in [1.54, 1.807) is 0 Å². The molecule has 0 aliphatic carbocycles. The summed E-state index contributed by atoms with van der Waals surface area (Å²) in [6, 6.07) is 25.2. The summed E-state index contributed by atoms with van der Waals surface area (Å²) >= 11 is 6.97. The average Bonchev–Trinajstić information content (AvgIpc) is 2.88. The Balaban J connectivity index is 2.03. The monoisotopic (exact) mass is 584 g/mol. The third kappa shape index (κ3) is 4.74. The lowest BCUT2D eigenvalue weighted by Gasteiger charge is -2.47. The Morgan fingerprint density at radius 1 is 0.765 bits per heavy atom. The standard InChI is InChI=1S/C26H22Br2N2O4/c1-33-25(31)22-16-29(20-12-8-18(27)9-13-20)24(17-6-4-3-5-7-17)30(23(22)26(32)34-2)21-14-10-19(28)11-15-21/h3-15,24H,16H2,1-2H3/t24-/m1/s1. The van der Waals surface area contributed by atoms with Crippen LogP contribution in [0.3, 0.4) is 0 Å². The molecule has 0 saturated heterocycles. The number of ether oxygens (including phenoxy) is 2. The average molecular weight is 586 g/mol. The molecule has 3 aromatic rings. The molecular formula is C26H22Br2N2O4. The number of benzene rings is 3. The minimum Gasteiger partial charge on any atom is -0.466 e. The first-order valence-electron chi connectivity index (χ1n) is 10.5. The molecule has 0 bridgehead atoms. The zero-order valence-corrected chi connectivity index (χ0v) is 21.7. The summed E-state index contributed by atoms with van der Waals surface area (Å²) in [6.45, 7) is 0.158. The summed E-state index contributed by atoms with van der Waals surface area (Å²) in [5.41, 5.74) is 2.91. The molecule has 1 heterocycles. The third-order valence-electron chi connectivity index (χ3n) is 5.57. The number of rotatable bonds is 5. The number of esters is 2. The molecule has 3 aromatic carbocycles. The van der Waals surface area contributed by atoms with Crippen LogP contribution in [0, 0.1) is 0 Å². The number of halogens is 2. The van der Waals surface area contributed by atoms with Gasteiger partial charge in [0.2, 0.25) is 0 Å². The lowest BCUT2D eigenvalue weighted by molar-refractivity contribution is -0.139. The van der Waals surface area contributed by atoms with Crippen molar-refractivity contribution in [3.8, 4) is 0 Å².